The van der Waals surface area contributed by atoms with E-state index in [1.165, 1.54) is 0 Å². The van der Waals surface area contributed by atoms with Gasteiger partial charge < -0.3 is 18.9 Å². The number of carbonyl (C=O) groups is 1. The summed E-state index contributed by atoms with van der Waals surface area (Å²) in [6, 6.07) is 36.0. The SMILES string of the molecule is COc1c(C)c(C)c(OCc2ccccc2)c(C)c1C(=O)CCc1ccc(OCc2ccccc2)cc1OCc1ccccc1. The van der Waals surface area contributed by atoms with Crippen molar-refractivity contribution < 1.29 is 23.7 Å². The molecule has 5 aromatic carbocycles. The van der Waals surface area contributed by atoms with E-state index in [-0.39, 0.29) is 12.2 Å². The highest BCUT2D eigenvalue weighted by atomic mass is 16.5. The molecule has 5 heteroatoms. The molecular weight excluding hydrogens is 560 g/mol. The van der Waals surface area contributed by atoms with Crippen LogP contribution in [0.1, 0.15) is 55.7 Å². The molecule has 0 bridgehead atoms. The number of hydrogen-bond acceptors (Lipinski definition) is 5. The zero-order valence-electron chi connectivity index (χ0n) is 26.5. The minimum Gasteiger partial charge on any atom is -0.496 e. The number of Topliss-reactive ketones (excluding diaryl/α,β-unsaturated/α-hetero) is 1. The van der Waals surface area contributed by atoms with E-state index >= 15 is 0 Å². The summed E-state index contributed by atoms with van der Waals surface area (Å²) < 4.78 is 24.5. The monoisotopic (exact) mass is 600 g/mol. The maximum Gasteiger partial charge on any atom is 0.167 e. The Labute approximate surface area is 266 Å². The van der Waals surface area contributed by atoms with E-state index in [2.05, 4.69) is 0 Å². The minimum atomic E-state index is -0.00424. The predicted molar refractivity (Wildman–Crippen MR) is 179 cm³/mol. The number of benzene rings is 5. The summed E-state index contributed by atoms with van der Waals surface area (Å²) >= 11 is 0. The Kier molecular flexibility index (Phi) is 10.5. The summed E-state index contributed by atoms with van der Waals surface area (Å²) in [6.45, 7) is 7.21. The van der Waals surface area contributed by atoms with E-state index in [9.17, 15) is 4.79 Å². The molecule has 0 aliphatic heterocycles. The molecule has 0 unspecified atom stereocenters. The lowest BCUT2D eigenvalue weighted by Gasteiger charge is -2.21. The Balaban J connectivity index is 1.37. The molecule has 0 aliphatic carbocycles. The average Bonchev–Trinajstić information content (AvgIpc) is 3.08. The summed E-state index contributed by atoms with van der Waals surface area (Å²) in [5.41, 5.74) is 7.39. The Morgan fingerprint density at radius 3 is 1.64 bits per heavy atom. The second-order valence-corrected chi connectivity index (χ2v) is 11.1. The van der Waals surface area contributed by atoms with Crippen molar-refractivity contribution in [2.45, 2.75) is 53.4 Å². The number of carbonyl (C=O) groups excluding carboxylic acids is 1. The predicted octanol–water partition coefficient (Wildman–Crippen LogP) is 9.17. The Morgan fingerprint density at radius 2 is 1.09 bits per heavy atom. The van der Waals surface area contributed by atoms with Crippen LogP contribution in [0.3, 0.4) is 0 Å². The number of hydrogen-bond donors (Lipinski definition) is 0. The average molecular weight is 601 g/mol. The molecule has 5 rings (SSSR count). The van der Waals surface area contributed by atoms with Crippen LogP contribution in [0.2, 0.25) is 0 Å². The molecular formula is C40H40O5. The molecule has 0 saturated heterocycles. The highest BCUT2D eigenvalue weighted by Crippen LogP contribution is 2.39. The van der Waals surface area contributed by atoms with Gasteiger partial charge in [-0.1, -0.05) is 97.1 Å². The van der Waals surface area contributed by atoms with Gasteiger partial charge in [0.2, 0.25) is 0 Å². The first kappa shape index (κ1) is 31.4. The Bertz CT molecular complexity index is 1710. The molecule has 0 spiro atoms. The Hall–Kier alpha value is -5.03. The van der Waals surface area contributed by atoms with Crippen LogP contribution in [0.15, 0.2) is 109 Å². The van der Waals surface area contributed by atoms with Crippen molar-refractivity contribution >= 4 is 5.78 Å². The topological polar surface area (TPSA) is 54.0 Å². The van der Waals surface area contributed by atoms with Gasteiger partial charge in [-0.25, -0.2) is 0 Å². The van der Waals surface area contributed by atoms with Crippen LogP contribution >= 0.6 is 0 Å². The fourth-order valence-electron chi connectivity index (χ4n) is 5.45. The summed E-state index contributed by atoms with van der Waals surface area (Å²) in [5.74, 6) is 2.74. The van der Waals surface area contributed by atoms with Gasteiger partial charge in [-0.05, 0) is 66.6 Å². The quantitative estimate of drug-likeness (QED) is 0.119. The van der Waals surface area contributed by atoms with Crippen molar-refractivity contribution in [3.8, 4) is 23.0 Å². The molecule has 0 fully saturated rings. The normalized spacial score (nSPS) is 10.8. The van der Waals surface area contributed by atoms with Crippen molar-refractivity contribution in [2.75, 3.05) is 7.11 Å². The second-order valence-electron chi connectivity index (χ2n) is 11.1. The number of ether oxygens (including phenoxy) is 4. The molecule has 45 heavy (non-hydrogen) atoms. The van der Waals surface area contributed by atoms with Crippen molar-refractivity contribution in [3.63, 3.8) is 0 Å². The van der Waals surface area contributed by atoms with E-state index in [1.54, 1.807) is 7.11 Å². The highest BCUT2D eigenvalue weighted by molar-refractivity contribution is 6.01. The maximum absolute atomic E-state index is 13.9. The van der Waals surface area contributed by atoms with Crippen molar-refractivity contribution in [3.05, 3.63) is 154 Å². The van der Waals surface area contributed by atoms with Gasteiger partial charge in [-0.15, -0.1) is 0 Å². The van der Waals surface area contributed by atoms with Gasteiger partial charge in [0.1, 0.15) is 42.8 Å². The van der Waals surface area contributed by atoms with Crippen LogP contribution in [0.25, 0.3) is 0 Å². The molecule has 5 aromatic rings. The van der Waals surface area contributed by atoms with Gasteiger partial charge >= 0.3 is 0 Å². The first-order valence-corrected chi connectivity index (χ1v) is 15.3. The summed E-state index contributed by atoms with van der Waals surface area (Å²) in [6.07, 6.45) is 0.779. The number of aryl methyl sites for hydroxylation is 1. The van der Waals surface area contributed by atoms with Crippen LogP contribution in [0, 0.1) is 20.8 Å². The maximum atomic E-state index is 13.9. The standard InChI is InChI=1S/C40H40O5/c1-28-29(2)40(42-4)38(30(3)39(28)45-27-33-18-12-7-13-19-33)36(41)23-21-34-20-22-35(43-25-31-14-8-5-9-15-31)24-37(34)44-26-32-16-10-6-11-17-32/h5-20,22,24H,21,23,25-27H2,1-4H3. The zero-order valence-corrected chi connectivity index (χ0v) is 26.5. The summed E-state index contributed by atoms with van der Waals surface area (Å²) in [5, 5.41) is 0. The molecule has 0 aromatic heterocycles. The minimum absolute atomic E-state index is 0.00424. The van der Waals surface area contributed by atoms with Crippen LogP contribution in [-0.4, -0.2) is 12.9 Å². The third-order valence-corrected chi connectivity index (χ3v) is 8.04. The van der Waals surface area contributed by atoms with Gasteiger partial charge in [0, 0.05) is 18.1 Å². The lowest BCUT2D eigenvalue weighted by molar-refractivity contribution is 0.0978. The van der Waals surface area contributed by atoms with E-state index in [0.29, 0.717) is 49.1 Å². The van der Waals surface area contributed by atoms with Gasteiger partial charge in [0.15, 0.2) is 5.78 Å². The molecule has 0 aliphatic rings. The smallest absolute Gasteiger partial charge is 0.167 e. The number of rotatable bonds is 14. The highest BCUT2D eigenvalue weighted by Gasteiger charge is 2.24. The molecule has 0 saturated carbocycles. The van der Waals surface area contributed by atoms with Crippen LogP contribution in [0.5, 0.6) is 23.0 Å². The van der Waals surface area contributed by atoms with Gasteiger partial charge in [-0.2, -0.15) is 0 Å². The van der Waals surface area contributed by atoms with Crippen molar-refractivity contribution in [2.24, 2.45) is 0 Å². The number of methoxy groups -OCH3 is 1. The lowest BCUT2D eigenvalue weighted by Crippen LogP contribution is -2.11. The third-order valence-electron chi connectivity index (χ3n) is 8.04. The molecule has 0 heterocycles. The third kappa shape index (κ3) is 7.93. The van der Waals surface area contributed by atoms with Gasteiger partial charge in [0.25, 0.3) is 0 Å². The zero-order chi connectivity index (χ0) is 31.6. The van der Waals surface area contributed by atoms with Crippen molar-refractivity contribution in [1.29, 1.82) is 0 Å². The van der Waals surface area contributed by atoms with Crippen molar-refractivity contribution in [1.82, 2.24) is 0 Å². The molecule has 5 nitrogen and oxygen atoms in total. The van der Waals surface area contributed by atoms with Crippen LogP contribution in [-0.2, 0) is 26.2 Å². The molecule has 0 radical (unpaired) electrons. The first-order valence-electron chi connectivity index (χ1n) is 15.3. The molecule has 230 valence electrons. The molecule has 0 amide bonds. The van der Waals surface area contributed by atoms with E-state index in [4.69, 9.17) is 18.9 Å². The molecule has 0 atom stereocenters. The second kappa shape index (κ2) is 15.1. The van der Waals surface area contributed by atoms with Crippen LogP contribution < -0.4 is 18.9 Å². The lowest BCUT2D eigenvalue weighted by atomic mass is 9.92. The fraction of sp³-hybridized carbons (Fsp3) is 0.225. The Morgan fingerprint density at radius 1 is 0.578 bits per heavy atom. The van der Waals surface area contributed by atoms with Gasteiger partial charge in [-0.3, -0.25) is 4.79 Å². The van der Waals surface area contributed by atoms with Gasteiger partial charge in [0.05, 0.1) is 12.7 Å². The largest absolute Gasteiger partial charge is 0.496 e. The summed E-state index contributed by atoms with van der Waals surface area (Å²) in [4.78, 5) is 13.9. The fourth-order valence-corrected chi connectivity index (χ4v) is 5.45. The van der Waals surface area contributed by atoms with E-state index in [1.807, 2.05) is 130 Å². The van der Waals surface area contributed by atoms with E-state index < -0.39 is 0 Å². The molecule has 0 N–H and O–H groups in total. The first-order chi connectivity index (χ1) is 21.9. The van der Waals surface area contributed by atoms with Crippen LogP contribution in [0.4, 0.5) is 0 Å². The van der Waals surface area contributed by atoms with E-state index in [0.717, 1.165) is 44.7 Å². The summed E-state index contributed by atoms with van der Waals surface area (Å²) in [7, 11) is 1.62. The number of ketones is 1.